The summed E-state index contributed by atoms with van der Waals surface area (Å²) in [6, 6.07) is 21.9. The quantitative estimate of drug-likeness (QED) is 0.109. The topological polar surface area (TPSA) is 50.2 Å². The Morgan fingerprint density at radius 2 is 1.48 bits per heavy atom. The molecule has 0 amide bonds. The number of nitrogens with zero attached hydrogens (tertiary/aromatic N) is 1. The fourth-order valence-electron chi connectivity index (χ4n) is 10.0. The summed E-state index contributed by atoms with van der Waals surface area (Å²) >= 11 is 0. The van der Waals surface area contributed by atoms with E-state index < -0.39 is 17.7 Å². The van der Waals surface area contributed by atoms with Gasteiger partial charge in [-0.1, -0.05) is 104 Å². The largest absolute Gasteiger partial charge is 0.504 e. The van der Waals surface area contributed by atoms with Gasteiger partial charge in [0.1, 0.15) is 0 Å². The number of carbonyl (C=O) groups is 1. The van der Waals surface area contributed by atoms with E-state index in [0.29, 0.717) is 30.3 Å². The van der Waals surface area contributed by atoms with Crippen LogP contribution in [-0.4, -0.2) is 22.1 Å². The van der Waals surface area contributed by atoms with Crippen LogP contribution in [0.25, 0.3) is 32.9 Å². The van der Waals surface area contributed by atoms with E-state index in [4.69, 9.17) is 10.1 Å². The Kier molecular flexibility index (Phi) is 15.4. The maximum atomic E-state index is 12.0. The van der Waals surface area contributed by atoms with Gasteiger partial charge in [0.2, 0.25) is 5.76 Å². The van der Waals surface area contributed by atoms with Gasteiger partial charge in [0.05, 0.1) is 5.52 Å². The third-order valence-electron chi connectivity index (χ3n) is 12.6. The van der Waals surface area contributed by atoms with Gasteiger partial charge in [-0.25, -0.2) is 0 Å². The van der Waals surface area contributed by atoms with Gasteiger partial charge in [-0.15, -0.1) is 29.1 Å². The fraction of sp³-hybridized carbons (Fsp3) is 0.569. The summed E-state index contributed by atoms with van der Waals surface area (Å²) in [7, 11) is 0. The summed E-state index contributed by atoms with van der Waals surface area (Å²) in [5.74, 6) is -0.695. The first-order valence-corrected chi connectivity index (χ1v) is 21.4. The molecule has 2 fully saturated rings. The molecule has 0 aliphatic heterocycles. The van der Waals surface area contributed by atoms with Gasteiger partial charge in [-0.05, 0) is 135 Å². The Morgan fingerprint density at radius 1 is 0.897 bits per heavy atom. The zero-order chi connectivity index (χ0) is 42.1. The van der Waals surface area contributed by atoms with Crippen LogP contribution in [0, 0.1) is 48.5 Å². The zero-order valence-corrected chi connectivity index (χ0v) is 39.2. The van der Waals surface area contributed by atoms with Gasteiger partial charge in [-0.2, -0.15) is 13.2 Å². The number of carbonyl (C=O) groups excluding carboxylic acids is 1. The van der Waals surface area contributed by atoms with Crippen molar-refractivity contribution in [1.82, 2.24) is 4.98 Å². The molecule has 0 unspecified atom stereocenters. The Balaban J connectivity index is 0.000000349. The van der Waals surface area contributed by atoms with Gasteiger partial charge < -0.3 is 5.11 Å². The van der Waals surface area contributed by atoms with Crippen molar-refractivity contribution in [3.05, 3.63) is 88.7 Å². The number of alkyl halides is 3. The van der Waals surface area contributed by atoms with E-state index in [1.165, 1.54) is 76.9 Å². The third-order valence-corrected chi connectivity index (χ3v) is 12.6. The Hall–Kier alpha value is -3.02. The maximum Gasteiger partial charge on any atom is 0.448 e. The van der Waals surface area contributed by atoms with Crippen LogP contribution in [0.1, 0.15) is 155 Å². The molecule has 2 aliphatic rings. The smallest absolute Gasteiger partial charge is 0.448 e. The molecule has 0 saturated heterocycles. The number of aryl methyl sites for hydroxylation is 2. The molecular formula is C51H67F3IrNO2-. The van der Waals surface area contributed by atoms with Crippen LogP contribution >= 0.6 is 0 Å². The molecule has 1 N–H and O–H groups in total. The van der Waals surface area contributed by atoms with Crippen molar-refractivity contribution < 1.29 is 43.2 Å². The van der Waals surface area contributed by atoms with Crippen LogP contribution in [-0.2, 0) is 30.3 Å². The number of fused-ring (bicyclic) bond motifs is 2. The number of aliphatic hydroxyl groups is 1. The fourth-order valence-corrected chi connectivity index (χ4v) is 10.0. The molecule has 3 nitrogen and oxygen atoms in total. The molecule has 0 atom stereocenters. The molecule has 4 aromatic rings. The number of rotatable bonds is 8. The predicted octanol–water partition coefficient (Wildman–Crippen LogP) is 15.3. The number of ketones is 1. The predicted molar refractivity (Wildman–Crippen MR) is 232 cm³/mol. The van der Waals surface area contributed by atoms with Crippen LogP contribution in [0.15, 0.2) is 60.4 Å². The minimum Gasteiger partial charge on any atom is -0.504 e. The number of hydrogen-bond acceptors (Lipinski definition) is 3. The normalized spacial score (nSPS) is 18.0. The number of benzene rings is 3. The second-order valence-corrected chi connectivity index (χ2v) is 20.3. The van der Waals surface area contributed by atoms with Crippen molar-refractivity contribution in [1.29, 1.82) is 0 Å². The molecule has 0 bridgehead atoms. The minimum absolute atomic E-state index is 0. The van der Waals surface area contributed by atoms with E-state index in [9.17, 15) is 18.0 Å². The average Bonchev–Trinajstić information content (AvgIpc) is 3.09. The third kappa shape index (κ3) is 11.8. The molecule has 2 aliphatic carbocycles. The molecule has 1 radical (unpaired) electrons. The van der Waals surface area contributed by atoms with E-state index in [1.54, 1.807) is 0 Å². The maximum absolute atomic E-state index is 12.0. The van der Waals surface area contributed by atoms with Crippen LogP contribution in [0.5, 0.6) is 0 Å². The second-order valence-electron chi connectivity index (χ2n) is 20.3. The minimum atomic E-state index is -4.83. The van der Waals surface area contributed by atoms with E-state index >= 15 is 0 Å². The van der Waals surface area contributed by atoms with E-state index in [1.807, 2.05) is 0 Å². The van der Waals surface area contributed by atoms with Gasteiger partial charge in [-0.3, -0.25) is 9.78 Å². The van der Waals surface area contributed by atoms with E-state index in [0.717, 1.165) is 41.5 Å². The standard InChI is InChI=1S/C39H50N.C12H17F3O2.Ir/c1-25(2)23-39(24-26(3)4)16-14-29(15-17-39)33-22-35(40-36-19-27(5)18-28(6)37(33)36)31-20-30-12-10-11-13-32(30)34(21-31)38(7,8)9;1-11(2)5-3-8(4-6-11)9(16)7-10(17)12(13,14)15;/h10-13,18-19,21-22,25-26,29H,14-17,23-24H2,1-9H3;7-8,17H,3-6H2,1-2H3;/q-1;;/b;10-7-;. The van der Waals surface area contributed by atoms with Crippen molar-refractivity contribution in [2.75, 3.05) is 0 Å². The Morgan fingerprint density at radius 3 is 2.03 bits per heavy atom. The van der Waals surface area contributed by atoms with E-state index in [2.05, 4.69) is 131 Å². The van der Waals surface area contributed by atoms with Crippen LogP contribution < -0.4 is 0 Å². The number of pyridine rings is 1. The summed E-state index contributed by atoms with van der Waals surface area (Å²) in [6.07, 6.45) is 6.28. The first kappa shape index (κ1) is 47.7. The monoisotopic (exact) mass is 975 g/mol. The number of allylic oxidation sites excluding steroid dienone is 2. The zero-order valence-electron chi connectivity index (χ0n) is 36.8. The molecule has 1 heterocycles. The number of halogens is 3. The van der Waals surface area contributed by atoms with Gasteiger partial charge in [0.15, 0.2) is 5.78 Å². The van der Waals surface area contributed by atoms with E-state index in [-0.39, 0.29) is 36.9 Å². The molecule has 58 heavy (non-hydrogen) atoms. The van der Waals surface area contributed by atoms with Crippen molar-refractivity contribution in [2.45, 2.75) is 158 Å². The summed E-state index contributed by atoms with van der Waals surface area (Å²) in [5, 5.41) is 12.6. The van der Waals surface area contributed by atoms with Crippen LogP contribution in [0.4, 0.5) is 13.2 Å². The Bertz CT molecular complexity index is 2060. The first-order valence-electron chi connectivity index (χ1n) is 21.4. The molecule has 319 valence electrons. The van der Waals surface area contributed by atoms with Crippen molar-refractivity contribution in [3.63, 3.8) is 0 Å². The second kappa shape index (κ2) is 18.7. The SMILES string of the molecule is CC1(C)CCC(C(=O)/C=C(\O)C(F)(F)F)CC1.Cc1cc(C)c2c(C3CCC(CC(C)C)(CC(C)C)CC3)cc(-c3[c-]c4ccccc4c(C(C)(C)C)c3)nc2c1.[Ir]. The van der Waals surface area contributed by atoms with Gasteiger partial charge in [0, 0.05) is 43.2 Å². The summed E-state index contributed by atoms with van der Waals surface area (Å²) in [4.78, 5) is 16.9. The molecule has 7 heteroatoms. The summed E-state index contributed by atoms with van der Waals surface area (Å²) in [6.45, 7) is 25.2. The molecule has 6 rings (SSSR count). The number of aromatic nitrogens is 1. The number of hydrogen-bond donors (Lipinski definition) is 1. The van der Waals surface area contributed by atoms with Crippen molar-refractivity contribution >= 4 is 27.5 Å². The van der Waals surface area contributed by atoms with Crippen molar-refractivity contribution in [2.24, 2.45) is 28.6 Å². The summed E-state index contributed by atoms with van der Waals surface area (Å²) in [5.41, 5.74) is 9.57. The average molecular weight is 975 g/mol. The van der Waals surface area contributed by atoms with Gasteiger partial charge in [0.25, 0.3) is 0 Å². The van der Waals surface area contributed by atoms with Crippen LogP contribution in [0.3, 0.4) is 0 Å². The molecule has 2 saturated carbocycles. The molecule has 3 aromatic carbocycles. The van der Waals surface area contributed by atoms with Crippen LogP contribution in [0.2, 0.25) is 0 Å². The van der Waals surface area contributed by atoms with Crippen molar-refractivity contribution in [3.8, 4) is 11.3 Å². The molecule has 0 spiro atoms. The summed E-state index contributed by atoms with van der Waals surface area (Å²) < 4.78 is 36.1. The Labute approximate surface area is 360 Å². The first-order chi connectivity index (χ1) is 26.5. The molecular weight excluding hydrogens is 908 g/mol. The van der Waals surface area contributed by atoms with Gasteiger partial charge >= 0.3 is 6.18 Å². The molecule has 1 aromatic heterocycles. The number of aliphatic hydroxyl groups excluding tert-OH is 1.